The van der Waals surface area contributed by atoms with Crippen LogP contribution in [0.25, 0.3) is 10.2 Å². The van der Waals surface area contributed by atoms with E-state index in [2.05, 4.69) is 4.98 Å². The second-order valence-corrected chi connectivity index (χ2v) is 5.25. The van der Waals surface area contributed by atoms with Crippen LogP contribution < -0.4 is 4.74 Å². The molecule has 7 heteroatoms. The summed E-state index contributed by atoms with van der Waals surface area (Å²) in [4.78, 5) is 14.3. The summed E-state index contributed by atoms with van der Waals surface area (Å²) >= 11 is 7.49. The summed E-state index contributed by atoms with van der Waals surface area (Å²) in [7, 11) is 0. The first kappa shape index (κ1) is 12.8. The summed E-state index contributed by atoms with van der Waals surface area (Å²) < 4.78 is 6.65. The van der Waals surface area contributed by atoms with E-state index < -0.39 is 4.92 Å². The fraction of sp³-hybridized carbons (Fsp3) is 0. The Morgan fingerprint density at radius 2 is 2.10 bits per heavy atom. The number of nitro benzene ring substituents is 1. The molecule has 0 saturated heterocycles. The van der Waals surface area contributed by atoms with E-state index in [-0.39, 0.29) is 10.7 Å². The molecule has 0 aliphatic heterocycles. The summed E-state index contributed by atoms with van der Waals surface area (Å²) in [5.41, 5.74) is 2.59. The molecule has 0 aliphatic rings. The first-order valence-corrected chi connectivity index (χ1v) is 6.84. The van der Waals surface area contributed by atoms with Gasteiger partial charge in [-0.2, -0.15) is 0 Å². The zero-order chi connectivity index (χ0) is 14.1. The van der Waals surface area contributed by atoms with E-state index in [1.54, 1.807) is 11.6 Å². The third-order valence-corrected chi connectivity index (χ3v) is 3.74. The van der Waals surface area contributed by atoms with Gasteiger partial charge in [-0.1, -0.05) is 11.6 Å². The van der Waals surface area contributed by atoms with Gasteiger partial charge in [0.05, 0.1) is 25.7 Å². The van der Waals surface area contributed by atoms with Gasteiger partial charge in [0.1, 0.15) is 11.5 Å². The van der Waals surface area contributed by atoms with Crippen LogP contribution in [0.3, 0.4) is 0 Å². The zero-order valence-electron chi connectivity index (χ0n) is 9.95. The Balaban J connectivity index is 1.92. The smallest absolute Gasteiger partial charge is 0.271 e. The maximum Gasteiger partial charge on any atom is 0.271 e. The highest BCUT2D eigenvalue weighted by Gasteiger charge is 2.11. The van der Waals surface area contributed by atoms with Crippen LogP contribution in [0.4, 0.5) is 5.69 Å². The molecule has 0 unspecified atom stereocenters. The molecule has 0 bridgehead atoms. The third kappa shape index (κ3) is 2.43. The van der Waals surface area contributed by atoms with E-state index >= 15 is 0 Å². The Morgan fingerprint density at radius 3 is 2.85 bits per heavy atom. The highest BCUT2D eigenvalue weighted by molar-refractivity contribution is 7.16. The van der Waals surface area contributed by atoms with Gasteiger partial charge in [0, 0.05) is 18.2 Å². The van der Waals surface area contributed by atoms with Gasteiger partial charge < -0.3 is 4.74 Å². The normalized spacial score (nSPS) is 10.7. The highest BCUT2D eigenvalue weighted by atomic mass is 35.5. The van der Waals surface area contributed by atoms with Crippen LogP contribution in [0.1, 0.15) is 0 Å². The van der Waals surface area contributed by atoms with Gasteiger partial charge in [0.25, 0.3) is 5.69 Å². The number of hydrogen-bond acceptors (Lipinski definition) is 5. The second-order valence-electron chi connectivity index (χ2n) is 3.96. The van der Waals surface area contributed by atoms with E-state index in [1.807, 2.05) is 12.1 Å². The van der Waals surface area contributed by atoms with Gasteiger partial charge in [0.2, 0.25) is 0 Å². The summed E-state index contributed by atoms with van der Waals surface area (Å²) in [6.45, 7) is 0. The molecule has 1 aromatic heterocycles. The van der Waals surface area contributed by atoms with Crippen molar-refractivity contribution in [1.82, 2.24) is 4.98 Å². The Kier molecular flexibility index (Phi) is 3.25. The quantitative estimate of drug-likeness (QED) is 0.522. The fourth-order valence-electron chi connectivity index (χ4n) is 1.71. The summed E-state index contributed by atoms with van der Waals surface area (Å²) in [5, 5.41) is 10.8. The predicted molar refractivity (Wildman–Crippen MR) is 77.8 cm³/mol. The highest BCUT2D eigenvalue weighted by Crippen LogP contribution is 2.33. The molecule has 0 spiro atoms. The lowest BCUT2D eigenvalue weighted by atomic mass is 10.3. The van der Waals surface area contributed by atoms with Crippen molar-refractivity contribution in [2.24, 2.45) is 0 Å². The molecule has 2 aromatic carbocycles. The minimum atomic E-state index is -0.501. The molecule has 1 heterocycles. The van der Waals surface area contributed by atoms with Gasteiger partial charge >= 0.3 is 0 Å². The Morgan fingerprint density at radius 1 is 1.25 bits per heavy atom. The minimum absolute atomic E-state index is 0.0692. The molecule has 0 saturated carbocycles. The van der Waals surface area contributed by atoms with Crippen LogP contribution in [0.5, 0.6) is 11.5 Å². The molecule has 0 amide bonds. The van der Waals surface area contributed by atoms with E-state index in [1.165, 1.54) is 29.5 Å². The monoisotopic (exact) mass is 306 g/mol. The van der Waals surface area contributed by atoms with Gasteiger partial charge in [0.15, 0.2) is 0 Å². The molecule has 0 fully saturated rings. The van der Waals surface area contributed by atoms with Crippen molar-refractivity contribution in [3.05, 3.63) is 57.0 Å². The summed E-state index contributed by atoms with van der Waals surface area (Å²) in [6.07, 6.45) is 0. The minimum Gasteiger partial charge on any atom is -0.456 e. The second kappa shape index (κ2) is 5.07. The number of ether oxygens (including phenoxy) is 1. The average molecular weight is 307 g/mol. The number of non-ortho nitro benzene ring substituents is 1. The molecule has 0 N–H and O–H groups in total. The SMILES string of the molecule is O=[N+]([O-])c1ccc(Oc2ccc3ncsc3c2)c(Cl)c1. The first-order valence-electron chi connectivity index (χ1n) is 5.58. The summed E-state index contributed by atoms with van der Waals surface area (Å²) in [5.74, 6) is 0.985. The van der Waals surface area contributed by atoms with Crippen LogP contribution in [-0.2, 0) is 0 Å². The Labute approximate surface area is 122 Å². The van der Waals surface area contributed by atoms with E-state index in [0.29, 0.717) is 11.5 Å². The molecule has 100 valence electrons. The molecule has 20 heavy (non-hydrogen) atoms. The lowest BCUT2D eigenvalue weighted by molar-refractivity contribution is -0.384. The third-order valence-electron chi connectivity index (χ3n) is 2.66. The zero-order valence-corrected chi connectivity index (χ0v) is 11.5. The molecule has 5 nitrogen and oxygen atoms in total. The van der Waals surface area contributed by atoms with Crippen molar-refractivity contribution in [2.45, 2.75) is 0 Å². The van der Waals surface area contributed by atoms with E-state index in [9.17, 15) is 10.1 Å². The van der Waals surface area contributed by atoms with Gasteiger partial charge in [-0.05, 0) is 18.2 Å². The first-order chi connectivity index (χ1) is 9.63. The van der Waals surface area contributed by atoms with E-state index in [4.69, 9.17) is 16.3 Å². The van der Waals surface area contributed by atoms with Crippen LogP contribution in [0, 0.1) is 10.1 Å². The molecular formula is C13H7ClN2O3S. The lowest BCUT2D eigenvalue weighted by Crippen LogP contribution is -1.90. The number of aromatic nitrogens is 1. The number of benzene rings is 2. The number of fused-ring (bicyclic) bond motifs is 1. The predicted octanol–water partition coefficient (Wildman–Crippen LogP) is 4.65. The maximum atomic E-state index is 10.6. The van der Waals surface area contributed by atoms with Crippen molar-refractivity contribution >= 4 is 38.8 Å². The molecule has 3 rings (SSSR count). The van der Waals surface area contributed by atoms with Crippen molar-refractivity contribution in [3.8, 4) is 11.5 Å². The number of rotatable bonds is 3. The molecule has 3 aromatic rings. The van der Waals surface area contributed by atoms with E-state index in [0.717, 1.165) is 10.2 Å². The maximum absolute atomic E-state index is 10.6. The molecule has 0 aliphatic carbocycles. The van der Waals surface area contributed by atoms with Crippen molar-refractivity contribution < 1.29 is 9.66 Å². The van der Waals surface area contributed by atoms with Crippen LogP contribution in [0.15, 0.2) is 41.9 Å². The number of halogens is 1. The summed E-state index contributed by atoms with van der Waals surface area (Å²) in [6, 6.07) is 9.58. The molecule has 0 radical (unpaired) electrons. The average Bonchev–Trinajstić information content (AvgIpc) is 2.88. The van der Waals surface area contributed by atoms with Crippen molar-refractivity contribution in [2.75, 3.05) is 0 Å². The molecule has 0 atom stereocenters. The standard InChI is InChI=1S/C13H7ClN2O3S/c14-10-5-8(16(17)18)1-4-12(10)19-9-2-3-11-13(6-9)20-7-15-11/h1-7H. The van der Waals surface area contributed by atoms with Crippen molar-refractivity contribution in [1.29, 1.82) is 0 Å². The van der Waals surface area contributed by atoms with Crippen molar-refractivity contribution in [3.63, 3.8) is 0 Å². The van der Waals surface area contributed by atoms with Crippen LogP contribution >= 0.6 is 22.9 Å². The topological polar surface area (TPSA) is 65.3 Å². The number of nitrogens with zero attached hydrogens (tertiary/aromatic N) is 2. The Hall–Kier alpha value is -2.18. The van der Waals surface area contributed by atoms with Crippen LogP contribution in [-0.4, -0.2) is 9.91 Å². The van der Waals surface area contributed by atoms with Crippen LogP contribution in [0.2, 0.25) is 5.02 Å². The van der Waals surface area contributed by atoms with Gasteiger partial charge in [-0.3, -0.25) is 10.1 Å². The fourth-order valence-corrected chi connectivity index (χ4v) is 2.63. The number of hydrogen-bond donors (Lipinski definition) is 0. The van der Waals surface area contributed by atoms with Gasteiger partial charge in [-0.25, -0.2) is 4.98 Å². The number of nitro groups is 1. The number of thiazole rings is 1. The largest absolute Gasteiger partial charge is 0.456 e. The van der Waals surface area contributed by atoms with Gasteiger partial charge in [-0.15, -0.1) is 11.3 Å². The molecular weight excluding hydrogens is 300 g/mol. The lowest BCUT2D eigenvalue weighted by Gasteiger charge is -2.07. The Bertz CT molecular complexity index is 803.